The summed E-state index contributed by atoms with van der Waals surface area (Å²) in [6.07, 6.45) is 3.30. The zero-order valence-electron chi connectivity index (χ0n) is 21.7. The van der Waals surface area contributed by atoms with Gasteiger partial charge in [0.1, 0.15) is 0 Å². The van der Waals surface area contributed by atoms with Gasteiger partial charge in [-0.25, -0.2) is 28.4 Å². The Kier molecular flexibility index (Phi) is 7.16. The number of nitrogens with zero attached hydrogens (tertiary/aromatic N) is 7. The van der Waals surface area contributed by atoms with Crippen LogP contribution in [0.4, 0.5) is 11.8 Å². The minimum Gasteiger partial charge on any atom is -0.378 e. The maximum Gasteiger partial charge on any atom is 0.243 e. The van der Waals surface area contributed by atoms with Crippen LogP contribution in [0.1, 0.15) is 10.4 Å². The average molecular weight is 567 g/mol. The van der Waals surface area contributed by atoms with Gasteiger partial charge in [-0.05, 0) is 24.6 Å². The molecule has 6 rings (SSSR count). The number of anilines is 2. The van der Waals surface area contributed by atoms with Crippen molar-refractivity contribution in [1.29, 1.82) is 0 Å². The maximum absolute atomic E-state index is 13.0. The molecule has 0 unspecified atom stereocenters. The molecule has 4 aromatic rings. The Morgan fingerprint density at radius 3 is 2.36 bits per heavy atom. The van der Waals surface area contributed by atoms with Crippen molar-refractivity contribution in [2.75, 3.05) is 63.1 Å². The van der Waals surface area contributed by atoms with Crippen molar-refractivity contribution in [1.82, 2.24) is 29.1 Å². The van der Waals surface area contributed by atoms with Crippen molar-refractivity contribution >= 4 is 43.3 Å². The van der Waals surface area contributed by atoms with E-state index in [9.17, 15) is 8.42 Å². The van der Waals surface area contributed by atoms with E-state index in [4.69, 9.17) is 20.4 Å². The predicted octanol–water partition coefficient (Wildman–Crippen LogP) is 2.38. The Balaban J connectivity index is 1.27. The number of aryl methyl sites for hydroxylation is 1. The van der Waals surface area contributed by atoms with Gasteiger partial charge in [-0.3, -0.25) is 4.90 Å². The second-order valence-corrected chi connectivity index (χ2v) is 12.7. The van der Waals surface area contributed by atoms with Crippen LogP contribution >= 0.6 is 11.3 Å². The highest BCUT2D eigenvalue weighted by molar-refractivity contribution is 7.89. The smallest absolute Gasteiger partial charge is 0.243 e. The van der Waals surface area contributed by atoms with E-state index in [0.29, 0.717) is 55.7 Å². The second-order valence-electron chi connectivity index (χ2n) is 9.62. The van der Waals surface area contributed by atoms with E-state index in [1.165, 1.54) is 4.88 Å². The molecule has 2 N–H and O–H groups in total. The Labute approximate surface area is 231 Å². The van der Waals surface area contributed by atoms with Crippen LogP contribution in [0.3, 0.4) is 0 Å². The van der Waals surface area contributed by atoms with E-state index in [1.807, 2.05) is 6.07 Å². The van der Waals surface area contributed by atoms with Crippen LogP contribution in [0.15, 0.2) is 47.6 Å². The van der Waals surface area contributed by atoms with Gasteiger partial charge in [-0.2, -0.15) is 4.31 Å². The standard InChI is InChI=1S/C26H30N8O3S2/c1-18-21(17-32-7-9-34(10-8-32)39(35,36)20-5-3-2-4-6-20)38-23-22(18)30-24(19-15-28-26(27)29-16-19)31-25(23)33-11-13-37-14-12-33/h2-6,15-16H,7-14,17H2,1H3,(H2,27,28,29). The minimum atomic E-state index is -3.48. The van der Waals surface area contributed by atoms with Crippen molar-refractivity contribution in [3.63, 3.8) is 0 Å². The van der Waals surface area contributed by atoms with Gasteiger partial charge in [0.05, 0.1) is 33.9 Å². The summed E-state index contributed by atoms with van der Waals surface area (Å²) in [4.78, 5) is 24.3. The third-order valence-electron chi connectivity index (χ3n) is 7.17. The van der Waals surface area contributed by atoms with Crippen molar-refractivity contribution in [3.8, 4) is 11.4 Å². The van der Waals surface area contributed by atoms with E-state index >= 15 is 0 Å². The monoisotopic (exact) mass is 566 g/mol. The van der Waals surface area contributed by atoms with E-state index in [0.717, 1.165) is 41.2 Å². The number of aromatic nitrogens is 4. The molecule has 2 fully saturated rings. The van der Waals surface area contributed by atoms with Gasteiger partial charge in [0.25, 0.3) is 0 Å². The number of hydrogen-bond donors (Lipinski definition) is 1. The number of hydrogen-bond acceptors (Lipinski definition) is 11. The summed E-state index contributed by atoms with van der Waals surface area (Å²) in [6, 6.07) is 8.64. The largest absolute Gasteiger partial charge is 0.378 e. The molecule has 1 aromatic carbocycles. The number of sulfonamides is 1. The molecule has 0 spiro atoms. The Bertz CT molecular complexity index is 1560. The van der Waals surface area contributed by atoms with Crippen molar-refractivity contribution in [3.05, 3.63) is 53.2 Å². The normalized spacial score (nSPS) is 17.6. The van der Waals surface area contributed by atoms with Gasteiger partial charge in [0.2, 0.25) is 16.0 Å². The molecular weight excluding hydrogens is 536 g/mol. The van der Waals surface area contributed by atoms with Crippen LogP contribution in [-0.4, -0.2) is 90.0 Å². The van der Waals surface area contributed by atoms with E-state index in [-0.39, 0.29) is 5.95 Å². The molecule has 5 heterocycles. The highest BCUT2D eigenvalue weighted by Crippen LogP contribution is 2.38. The van der Waals surface area contributed by atoms with Gasteiger partial charge < -0.3 is 15.4 Å². The molecule has 0 aliphatic carbocycles. The Morgan fingerprint density at radius 1 is 0.974 bits per heavy atom. The maximum atomic E-state index is 13.0. The number of fused-ring (bicyclic) bond motifs is 1. The Morgan fingerprint density at radius 2 is 1.67 bits per heavy atom. The number of benzene rings is 1. The van der Waals surface area contributed by atoms with E-state index < -0.39 is 10.0 Å². The number of morpholine rings is 1. The van der Waals surface area contributed by atoms with Crippen molar-refractivity contribution < 1.29 is 13.2 Å². The first kappa shape index (κ1) is 26.0. The summed E-state index contributed by atoms with van der Waals surface area (Å²) in [6.45, 7) is 7.90. The molecule has 204 valence electrons. The Hall–Kier alpha value is -3.23. The number of nitrogens with two attached hydrogens (primary N) is 1. The average Bonchev–Trinajstić information content (AvgIpc) is 3.29. The van der Waals surface area contributed by atoms with E-state index in [2.05, 4.69) is 26.7 Å². The lowest BCUT2D eigenvalue weighted by molar-refractivity contribution is 0.122. The highest BCUT2D eigenvalue weighted by atomic mass is 32.2. The molecule has 0 saturated carbocycles. The SMILES string of the molecule is Cc1c(CN2CCN(S(=O)(=O)c3ccccc3)CC2)sc2c(N3CCOCC3)nc(-c3cnc(N)nc3)nc12. The lowest BCUT2D eigenvalue weighted by Gasteiger charge is -2.33. The van der Waals surface area contributed by atoms with Crippen molar-refractivity contribution in [2.24, 2.45) is 0 Å². The zero-order chi connectivity index (χ0) is 27.0. The minimum absolute atomic E-state index is 0.207. The third kappa shape index (κ3) is 5.20. The quantitative estimate of drug-likeness (QED) is 0.371. The molecule has 0 bridgehead atoms. The summed E-state index contributed by atoms with van der Waals surface area (Å²) in [5.41, 5.74) is 8.44. The van der Waals surface area contributed by atoms with Crippen molar-refractivity contribution in [2.45, 2.75) is 18.4 Å². The molecule has 2 aliphatic heterocycles. The van der Waals surface area contributed by atoms with Crippen LogP contribution in [0.2, 0.25) is 0 Å². The number of nitrogen functional groups attached to an aromatic ring is 1. The van der Waals surface area contributed by atoms with Gasteiger partial charge in [-0.1, -0.05) is 18.2 Å². The third-order valence-corrected chi connectivity index (χ3v) is 10.3. The first-order valence-corrected chi connectivity index (χ1v) is 15.1. The summed E-state index contributed by atoms with van der Waals surface area (Å²) >= 11 is 1.72. The van der Waals surface area contributed by atoms with Gasteiger partial charge in [-0.15, -0.1) is 11.3 Å². The first-order valence-electron chi connectivity index (χ1n) is 12.9. The van der Waals surface area contributed by atoms with Crippen LogP contribution in [-0.2, 0) is 21.3 Å². The molecule has 0 amide bonds. The fourth-order valence-corrected chi connectivity index (χ4v) is 7.66. The molecule has 13 heteroatoms. The summed E-state index contributed by atoms with van der Waals surface area (Å²) in [5.74, 6) is 1.67. The molecule has 0 radical (unpaired) electrons. The number of ether oxygens (including phenoxy) is 1. The lowest BCUT2D eigenvalue weighted by Crippen LogP contribution is -2.48. The van der Waals surface area contributed by atoms with Crippen LogP contribution < -0.4 is 10.6 Å². The highest BCUT2D eigenvalue weighted by Gasteiger charge is 2.29. The van der Waals surface area contributed by atoms with Crippen LogP contribution in [0, 0.1) is 6.92 Å². The molecule has 39 heavy (non-hydrogen) atoms. The molecule has 2 aliphatic rings. The van der Waals surface area contributed by atoms with E-state index in [1.54, 1.807) is 52.3 Å². The predicted molar refractivity (Wildman–Crippen MR) is 151 cm³/mol. The summed E-state index contributed by atoms with van der Waals surface area (Å²) in [5, 5.41) is 0. The fourth-order valence-electron chi connectivity index (χ4n) is 4.91. The topological polar surface area (TPSA) is 131 Å². The number of piperazine rings is 1. The number of thiophene rings is 1. The first-order chi connectivity index (χ1) is 18.9. The van der Waals surface area contributed by atoms with Crippen LogP contribution in [0.25, 0.3) is 21.6 Å². The molecule has 11 nitrogen and oxygen atoms in total. The molecule has 3 aromatic heterocycles. The van der Waals surface area contributed by atoms with Gasteiger partial charge >= 0.3 is 0 Å². The lowest BCUT2D eigenvalue weighted by atomic mass is 10.2. The summed E-state index contributed by atoms with van der Waals surface area (Å²) < 4.78 is 34.3. The van der Waals surface area contributed by atoms with Gasteiger partial charge in [0.15, 0.2) is 11.6 Å². The van der Waals surface area contributed by atoms with Gasteiger partial charge in [0, 0.05) is 63.1 Å². The molecule has 2 saturated heterocycles. The zero-order valence-corrected chi connectivity index (χ0v) is 23.3. The second kappa shape index (κ2) is 10.7. The summed E-state index contributed by atoms with van der Waals surface area (Å²) in [7, 11) is -3.48. The number of rotatable bonds is 6. The molecular formula is C26H30N8O3S2. The van der Waals surface area contributed by atoms with Crippen LogP contribution in [0.5, 0.6) is 0 Å². The fraction of sp³-hybridized carbons (Fsp3) is 0.385. The molecule has 0 atom stereocenters.